The Kier molecular flexibility index (Phi) is 20.8. The van der Waals surface area contributed by atoms with E-state index in [0.717, 1.165) is 25.7 Å². The van der Waals surface area contributed by atoms with Crippen molar-refractivity contribution in [3.63, 3.8) is 0 Å². The van der Waals surface area contributed by atoms with Crippen LogP contribution in [0, 0.1) is 0 Å². The van der Waals surface area contributed by atoms with Gasteiger partial charge in [-0.2, -0.15) is 0 Å². The third-order valence-corrected chi connectivity index (χ3v) is 7.09. The Hall–Kier alpha value is -2.41. The van der Waals surface area contributed by atoms with Gasteiger partial charge >= 0.3 is 5.97 Å². The zero-order chi connectivity index (χ0) is 29.4. The van der Waals surface area contributed by atoms with Gasteiger partial charge in [-0.3, -0.25) is 9.59 Å². The number of amides is 2. The molecule has 0 heterocycles. The molecule has 0 fully saturated rings. The number of esters is 1. The third-order valence-electron chi connectivity index (χ3n) is 7.09. The van der Waals surface area contributed by atoms with Gasteiger partial charge in [0.25, 0.3) is 11.8 Å². The van der Waals surface area contributed by atoms with Crippen molar-refractivity contribution in [2.24, 2.45) is 5.73 Å². The molecule has 0 aliphatic rings. The quantitative estimate of drug-likeness (QED) is 0.0926. The van der Waals surface area contributed by atoms with Crippen LogP contribution in [0.5, 0.6) is 0 Å². The first-order valence-corrected chi connectivity index (χ1v) is 16.0. The van der Waals surface area contributed by atoms with Gasteiger partial charge in [-0.05, 0) is 64.3 Å². The molecular formula is C33H57N3O4. The highest BCUT2D eigenvalue weighted by Gasteiger charge is 2.23. The van der Waals surface area contributed by atoms with Crippen molar-refractivity contribution in [2.75, 3.05) is 13.2 Å². The summed E-state index contributed by atoms with van der Waals surface area (Å²) in [6.07, 6.45) is 19.8. The Morgan fingerprint density at radius 1 is 0.725 bits per heavy atom. The summed E-state index contributed by atoms with van der Waals surface area (Å²) < 4.78 is 5.54. The second-order valence-electron chi connectivity index (χ2n) is 11.3. The van der Waals surface area contributed by atoms with Gasteiger partial charge in [0.05, 0.1) is 6.61 Å². The molecule has 0 aromatic heterocycles. The van der Waals surface area contributed by atoms with Crippen molar-refractivity contribution in [3.8, 4) is 0 Å². The van der Waals surface area contributed by atoms with E-state index < -0.39 is 17.9 Å². The number of rotatable bonds is 24. The van der Waals surface area contributed by atoms with Crippen molar-refractivity contribution >= 4 is 17.8 Å². The summed E-state index contributed by atoms with van der Waals surface area (Å²) in [5.74, 6) is -1.05. The van der Waals surface area contributed by atoms with Crippen molar-refractivity contribution < 1.29 is 19.1 Å². The van der Waals surface area contributed by atoms with E-state index in [9.17, 15) is 14.4 Å². The van der Waals surface area contributed by atoms with Crippen LogP contribution in [0.25, 0.3) is 0 Å². The molecule has 0 spiro atoms. The Balaban J connectivity index is 2.34. The second kappa shape index (κ2) is 23.3. The number of ether oxygens (including phenoxy) is 1. The zero-order valence-electron chi connectivity index (χ0n) is 25.6. The standard InChI is InChI=1S/C33H57N3O4/c1-4-5-6-7-8-9-10-11-12-13-14-15-16-19-25-40-33(39)30(23-17-18-24-34)36-32(38)29-22-20-21-28(26-29)31(37)35-27(2)3/h20-22,26-27,30H,4-19,23-25,34H2,1-3H3,(H,35,37)(H,36,38)/t30-/m1/s1. The van der Waals surface area contributed by atoms with Crippen molar-refractivity contribution in [1.29, 1.82) is 0 Å². The minimum absolute atomic E-state index is 0.00797. The highest BCUT2D eigenvalue weighted by atomic mass is 16.5. The minimum Gasteiger partial charge on any atom is -0.464 e. The molecule has 0 aliphatic carbocycles. The summed E-state index contributed by atoms with van der Waals surface area (Å²) in [5.41, 5.74) is 6.36. The molecule has 0 saturated carbocycles. The molecule has 1 aromatic rings. The molecule has 7 heteroatoms. The lowest BCUT2D eigenvalue weighted by molar-refractivity contribution is -0.146. The predicted octanol–water partition coefficient (Wildman–Crippen LogP) is 7.08. The Morgan fingerprint density at radius 2 is 1.23 bits per heavy atom. The number of nitrogens with one attached hydrogen (secondary N) is 2. The maximum atomic E-state index is 12.9. The van der Waals surface area contributed by atoms with Crippen LogP contribution < -0.4 is 16.4 Å². The van der Waals surface area contributed by atoms with E-state index in [1.54, 1.807) is 24.3 Å². The molecule has 1 aromatic carbocycles. The normalized spacial score (nSPS) is 11.8. The van der Waals surface area contributed by atoms with E-state index in [1.165, 1.54) is 70.6 Å². The largest absolute Gasteiger partial charge is 0.464 e. The summed E-state index contributed by atoms with van der Waals surface area (Å²) in [7, 11) is 0. The lowest BCUT2D eigenvalue weighted by atomic mass is 10.0. The average molecular weight is 560 g/mol. The number of carbonyl (C=O) groups is 3. The number of unbranched alkanes of at least 4 members (excludes halogenated alkanes) is 14. The molecule has 40 heavy (non-hydrogen) atoms. The number of nitrogens with two attached hydrogens (primary N) is 1. The summed E-state index contributed by atoms with van der Waals surface area (Å²) >= 11 is 0. The van der Waals surface area contributed by atoms with E-state index in [1.807, 2.05) is 13.8 Å². The molecule has 1 atom stereocenters. The Morgan fingerprint density at radius 3 is 1.73 bits per heavy atom. The molecule has 0 bridgehead atoms. The number of carbonyl (C=O) groups excluding carboxylic acids is 3. The number of hydrogen-bond donors (Lipinski definition) is 3. The van der Waals surface area contributed by atoms with E-state index in [4.69, 9.17) is 10.5 Å². The molecule has 228 valence electrons. The first-order chi connectivity index (χ1) is 19.4. The molecule has 0 aliphatic heterocycles. The zero-order valence-corrected chi connectivity index (χ0v) is 25.6. The Bertz CT molecular complexity index is 828. The second-order valence-corrected chi connectivity index (χ2v) is 11.3. The summed E-state index contributed by atoms with van der Waals surface area (Å²) in [6.45, 7) is 6.92. The van der Waals surface area contributed by atoms with Crippen LogP contribution in [0.1, 0.15) is 151 Å². The topological polar surface area (TPSA) is 111 Å². The van der Waals surface area contributed by atoms with Gasteiger partial charge in [-0.1, -0.05) is 96.5 Å². The van der Waals surface area contributed by atoms with Crippen molar-refractivity contribution in [1.82, 2.24) is 10.6 Å². The summed E-state index contributed by atoms with van der Waals surface area (Å²) in [6, 6.07) is 5.77. The highest BCUT2D eigenvalue weighted by molar-refractivity contribution is 6.00. The molecule has 1 rings (SSSR count). The van der Waals surface area contributed by atoms with E-state index in [2.05, 4.69) is 17.6 Å². The van der Waals surface area contributed by atoms with Crippen molar-refractivity contribution in [3.05, 3.63) is 35.4 Å². The number of hydrogen-bond acceptors (Lipinski definition) is 5. The molecule has 0 unspecified atom stereocenters. The smallest absolute Gasteiger partial charge is 0.328 e. The van der Waals surface area contributed by atoms with Gasteiger partial charge in [0.15, 0.2) is 0 Å². The van der Waals surface area contributed by atoms with Crippen LogP contribution in [0.2, 0.25) is 0 Å². The van der Waals surface area contributed by atoms with Gasteiger partial charge in [0.1, 0.15) is 6.04 Å². The summed E-state index contributed by atoms with van der Waals surface area (Å²) in [4.78, 5) is 38.1. The van der Waals surface area contributed by atoms with Crippen LogP contribution >= 0.6 is 0 Å². The van der Waals surface area contributed by atoms with Gasteiger partial charge < -0.3 is 21.1 Å². The van der Waals surface area contributed by atoms with Crippen LogP contribution in [0.3, 0.4) is 0 Å². The van der Waals surface area contributed by atoms with Crippen LogP contribution in [0.4, 0.5) is 0 Å². The van der Waals surface area contributed by atoms with E-state index >= 15 is 0 Å². The monoisotopic (exact) mass is 559 g/mol. The van der Waals surface area contributed by atoms with Gasteiger partial charge in [-0.15, -0.1) is 0 Å². The maximum absolute atomic E-state index is 12.9. The van der Waals surface area contributed by atoms with E-state index in [-0.39, 0.29) is 11.9 Å². The first-order valence-electron chi connectivity index (χ1n) is 16.0. The fourth-order valence-corrected chi connectivity index (χ4v) is 4.70. The van der Waals surface area contributed by atoms with Crippen LogP contribution in [0.15, 0.2) is 24.3 Å². The lowest BCUT2D eigenvalue weighted by Crippen LogP contribution is -2.42. The van der Waals surface area contributed by atoms with E-state index in [0.29, 0.717) is 37.1 Å². The summed E-state index contributed by atoms with van der Waals surface area (Å²) in [5, 5.41) is 5.64. The van der Waals surface area contributed by atoms with Crippen LogP contribution in [-0.2, 0) is 9.53 Å². The van der Waals surface area contributed by atoms with Gasteiger partial charge in [-0.25, -0.2) is 4.79 Å². The number of benzene rings is 1. The fourth-order valence-electron chi connectivity index (χ4n) is 4.70. The predicted molar refractivity (Wildman–Crippen MR) is 164 cm³/mol. The van der Waals surface area contributed by atoms with Gasteiger partial charge in [0, 0.05) is 17.2 Å². The highest BCUT2D eigenvalue weighted by Crippen LogP contribution is 2.13. The third kappa shape index (κ3) is 17.3. The molecule has 7 nitrogen and oxygen atoms in total. The molecule has 0 radical (unpaired) electrons. The average Bonchev–Trinajstić information content (AvgIpc) is 2.94. The molecular weight excluding hydrogens is 502 g/mol. The molecule has 4 N–H and O–H groups in total. The van der Waals surface area contributed by atoms with Gasteiger partial charge in [0.2, 0.25) is 0 Å². The van der Waals surface area contributed by atoms with Crippen LogP contribution in [-0.4, -0.2) is 43.0 Å². The fraction of sp³-hybridized carbons (Fsp3) is 0.727. The van der Waals surface area contributed by atoms with Crippen molar-refractivity contribution in [2.45, 2.75) is 142 Å². The lowest BCUT2D eigenvalue weighted by Gasteiger charge is -2.18. The molecule has 0 saturated heterocycles. The maximum Gasteiger partial charge on any atom is 0.328 e. The minimum atomic E-state index is -0.737. The Labute approximate surface area is 243 Å². The molecule has 2 amide bonds. The first kappa shape index (κ1) is 35.6. The SMILES string of the molecule is CCCCCCCCCCCCCCCCOC(=O)[C@@H](CCCCN)NC(=O)c1cccc(C(=O)NC(C)C)c1.